The molecule has 2 aromatic rings. The number of carbonyl (C=O) groups excluding carboxylic acids is 1. The summed E-state index contributed by atoms with van der Waals surface area (Å²) in [5.41, 5.74) is 6.04. The molecule has 20 heavy (non-hydrogen) atoms. The molecule has 0 bridgehead atoms. The Morgan fingerprint density at radius 1 is 1.30 bits per heavy atom. The van der Waals surface area contributed by atoms with E-state index in [2.05, 4.69) is 31.3 Å². The van der Waals surface area contributed by atoms with E-state index in [9.17, 15) is 4.79 Å². The molecule has 5 heteroatoms. The predicted octanol–water partition coefficient (Wildman–Crippen LogP) is 3.09. The van der Waals surface area contributed by atoms with Gasteiger partial charge in [-0.2, -0.15) is 0 Å². The summed E-state index contributed by atoms with van der Waals surface area (Å²) in [6.07, 6.45) is 0. The van der Waals surface area contributed by atoms with Gasteiger partial charge in [0, 0.05) is 15.4 Å². The van der Waals surface area contributed by atoms with E-state index in [0.29, 0.717) is 5.75 Å². The summed E-state index contributed by atoms with van der Waals surface area (Å²) in [7, 11) is 0. The standard InChI is InChI=1S/C15H18N2O2S/c1-10-3-8-14(20-10)11(2)17-12-4-6-13(7-5-12)19-9-15(16)18/h3-8,11,17H,9H2,1-2H3,(H2,16,18). The van der Waals surface area contributed by atoms with Crippen molar-refractivity contribution in [1.82, 2.24) is 0 Å². The molecule has 106 valence electrons. The number of amides is 1. The summed E-state index contributed by atoms with van der Waals surface area (Å²) < 4.78 is 5.22. The number of anilines is 1. The molecule has 1 amide bonds. The minimum absolute atomic E-state index is 0.0996. The van der Waals surface area contributed by atoms with Gasteiger partial charge in [-0.15, -0.1) is 11.3 Å². The summed E-state index contributed by atoms with van der Waals surface area (Å²) in [5.74, 6) is 0.155. The second-order valence-electron chi connectivity index (χ2n) is 4.59. The molecule has 0 radical (unpaired) electrons. The van der Waals surface area contributed by atoms with Crippen LogP contribution in [0.2, 0.25) is 0 Å². The number of hydrogen-bond acceptors (Lipinski definition) is 4. The second kappa shape index (κ2) is 6.43. The normalized spacial score (nSPS) is 11.9. The van der Waals surface area contributed by atoms with E-state index in [1.807, 2.05) is 24.3 Å². The van der Waals surface area contributed by atoms with Gasteiger partial charge in [0.2, 0.25) is 0 Å². The van der Waals surface area contributed by atoms with Gasteiger partial charge in [0.1, 0.15) is 5.75 Å². The Hall–Kier alpha value is -2.01. The first-order chi connectivity index (χ1) is 9.54. The van der Waals surface area contributed by atoms with Crippen molar-refractivity contribution in [1.29, 1.82) is 0 Å². The first kappa shape index (κ1) is 14.4. The molecule has 0 aliphatic rings. The molecule has 1 atom stereocenters. The first-order valence-electron chi connectivity index (χ1n) is 6.38. The molecule has 1 aromatic heterocycles. The van der Waals surface area contributed by atoms with Crippen molar-refractivity contribution < 1.29 is 9.53 Å². The van der Waals surface area contributed by atoms with Crippen LogP contribution in [0.25, 0.3) is 0 Å². The zero-order valence-corrected chi connectivity index (χ0v) is 12.4. The van der Waals surface area contributed by atoms with E-state index in [1.54, 1.807) is 11.3 Å². The lowest BCUT2D eigenvalue weighted by molar-refractivity contribution is -0.119. The highest BCUT2D eigenvalue weighted by Crippen LogP contribution is 2.26. The van der Waals surface area contributed by atoms with E-state index >= 15 is 0 Å². The number of aryl methyl sites for hydroxylation is 1. The number of nitrogens with two attached hydrogens (primary N) is 1. The molecule has 1 heterocycles. The highest BCUT2D eigenvalue weighted by molar-refractivity contribution is 7.12. The van der Waals surface area contributed by atoms with Crippen LogP contribution < -0.4 is 15.8 Å². The monoisotopic (exact) mass is 290 g/mol. The first-order valence-corrected chi connectivity index (χ1v) is 7.20. The number of ether oxygens (including phenoxy) is 1. The molecule has 3 N–H and O–H groups in total. The van der Waals surface area contributed by atoms with Crippen molar-refractivity contribution >= 4 is 22.9 Å². The third-order valence-corrected chi connectivity index (χ3v) is 3.99. The number of carbonyl (C=O) groups is 1. The predicted molar refractivity (Wildman–Crippen MR) is 82.2 cm³/mol. The van der Waals surface area contributed by atoms with Crippen LogP contribution in [-0.4, -0.2) is 12.5 Å². The van der Waals surface area contributed by atoms with Crippen molar-refractivity contribution in [3.05, 3.63) is 46.2 Å². The minimum Gasteiger partial charge on any atom is -0.484 e. The minimum atomic E-state index is -0.478. The Morgan fingerprint density at radius 2 is 2.00 bits per heavy atom. The molecular weight excluding hydrogens is 272 g/mol. The van der Waals surface area contributed by atoms with E-state index in [-0.39, 0.29) is 12.6 Å². The van der Waals surface area contributed by atoms with Crippen molar-refractivity contribution in [2.45, 2.75) is 19.9 Å². The van der Waals surface area contributed by atoms with Gasteiger partial charge in [0.25, 0.3) is 5.91 Å². The largest absolute Gasteiger partial charge is 0.484 e. The molecule has 0 saturated carbocycles. The number of nitrogens with one attached hydrogen (secondary N) is 1. The fraction of sp³-hybridized carbons (Fsp3) is 0.267. The van der Waals surface area contributed by atoms with Crippen LogP contribution in [0, 0.1) is 6.92 Å². The molecule has 4 nitrogen and oxygen atoms in total. The number of benzene rings is 1. The molecule has 0 aliphatic carbocycles. The molecule has 1 aromatic carbocycles. The molecular formula is C15H18N2O2S. The lowest BCUT2D eigenvalue weighted by Gasteiger charge is -2.14. The molecule has 1 unspecified atom stereocenters. The molecule has 0 spiro atoms. The number of thiophene rings is 1. The SMILES string of the molecule is Cc1ccc(C(C)Nc2ccc(OCC(N)=O)cc2)s1. The highest BCUT2D eigenvalue weighted by atomic mass is 32.1. The van der Waals surface area contributed by atoms with Crippen LogP contribution in [-0.2, 0) is 4.79 Å². The van der Waals surface area contributed by atoms with Crippen LogP contribution in [0.3, 0.4) is 0 Å². The smallest absolute Gasteiger partial charge is 0.255 e. The average molecular weight is 290 g/mol. The second-order valence-corrected chi connectivity index (χ2v) is 5.91. The Labute approximate surface area is 122 Å². The lowest BCUT2D eigenvalue weighted by Crippen LogP contribution is -2.19. The zero-order chi connectivity index (χ0) is 14.5. The number of hydrogen-bond donors (Lipinski definition) is 2. The van der Waals surface area contributed by atoms with Gasteiger partial charge in [0.15, 0.2) is 6.61 Å². The van der Waals surface area contributed by atoms with Gasteiger partial charge in [-0.25, -0.2) is 0 Å². The fourth-order valence-corrected chi connectivity index (χ4v) is 2.69. The fourth-order valence-electron chi connectivity index (χ4n) is 1.81. The van der Waals surface area contributed by atoms with Gasteiger partial charge in [-0.1, -0.05) is 0 Å². The van der Waals surface area contributed by atoms with Gasteiger partial charge in [-0.3, -0.25) is 4.79 Å². The summed E-state index contributed by atoms with van der Waals surface area (Å²) >= 11 is 1.79. The highest BCUT2D eigenvalue weighted by Gasteiger charge is 2.07. The Morgan fingerprint density at radius 3 is 2.55 bits per heavy atom. The molecule has 0 aliphatic heterocycles. The zero-order valence-electron chi connectivity index (χ0n) is 11.6. The maximum Gasteiger partial charge on any atom is 0.255 e. The summed E-state index contributed by atoms with van der Waals surface area (Å²) in [6.45, 7) is 4.13. The summed E-state index contributed by atoms with van der Waals surface area (Å²) in [6, 6.07) is 12.0. The Bertz CT molecular complexity index is 578. The molecule has 0 fully saturated rings. The summed E-state index contributed by atoms with van der Waals surface area (Å²) in [4.78, 5) is 13.2. The van der Waals surface area contributed by atoms with Crippen LogP contribution in [0.5, 0.6) is 5.75 Å². The van der Waals surface area contributed by atoms with Crippen molar-refractivity contribution in [2.75, 3.05) is 11.9 Å². The topological polar surface area (TPSA) is 64.3 Å². The quantitative estimate of drug-likeness (QED) is 0.859. The Balaban J connectivity index is 1.94. The van der Waals surface area contributed by atoms with E-state index < -0.39 is 5.91 Å². The van der Waals surface area contributed by atoms with Crippen LogP contribution in [0.1, 0.15) is 22.7 Å². The molecule has 2 rings (SSSR count). The number of primary amides is 1. The summed E-state index contributed by atoms with van der Waals surface area (Å²) in [5, 5.41) is 3.43. The number of rotatable bonds is 6. The van der Waals surface area contributed by atoms with Gasteiger partial charge in [-0.05, 0) is 50.2 Å². The van der Waals surface area contributed by atoms with Crippen LogP contribution >= 0.6 is 11.3 Å². The lowest BCUT2D eigenvalue weighted by atomic mass is 10.2. The molecule has 0 saturated heterocycles. The average Bonchev–Trinajstić information content (AvgIpc) is 2.85. The van der Waals surface area contributed by atoms with E-state index in [1.165, 1.54) is 9.75 Å². The maximum atomic E-state index is 10.6. The van der Waals surface area contributed by atoms with Gasteiger partial charge in [0.05, 0.1) is 6.04 Å². The Kier molecular flexibility index (Phi) is 4.63. The maximum absolute atomic E-state index is 10.6. The van der Waals surface area contributed by atoms with E-state index in [0.717, 1.165) is 5.69 Å². The van der Waals surface area contributed by atoms with Crippen molar-refractivity contribution in [3.8, 4) is 5.75 Å². The van der Waals surface area contributed by atoms with Crippen LogP contribution in [0.4, 0.5) is 5.69 Å². The third-order valence-electron chi connectivity index (χ3n) is 2.81. The van der Waals surface area contributed by atoms with Crippen molar-refractivity contribution in [2.24, 2.45) is 5.73 Å². The third kappa shape index (κ3) is 3.99. The van der Waals surface area contributed by atoms with Gasteiger partial charge < -0.3 is 15.8 Å². The van der Waals surface area contributed by atoms with Gasteiger partial charge >= 0.3 is 0 Å². The van der Waals surface area contributed by atoms with Crippen molar-refractivity contribution in [3.63, 3.8) is 0 Å². The van der Waals surface area contributed by atoms with E-state index in [4.69, 9.17) is 10.5 Å². The van der Waals surface area contributed by atoms with Crippen LogP contribution in [0.15, 0.2) is 36.4 Å².